The van der Waals surface area contributed by atoms with Gasteiger partial charge in [0, 0.05) is 39.4 Å². The minimum absolute atomic E-state index is 0.501. The summed E-state index contributed by atoms with van der Waals surface area (Å²) in [5.74, 6) is 0.501. The molecule has 114 valence electrons. The average Bonchev–Trinajstić information content (AvgIpc) is 2.68. The summed E-state index contributed by atoms with van der Waals surface area (Å²) in [6.45, 7) is 6.14. The van der Waals surface area contributed by atoms with E-state index in [4.69, 9.17) is 0 Å². The van der Waals surface area contributed by atoms with Crippen molar-refractivity contribution in [3.05, 3.63) is 17.5 Å². The Morgan fingerprint density at radius 2 is 1.90 bits per heavy atom. The van der Waals surface area contributed by atoms with E-state index in [1.54, 1.807) is 18.4 Å². The van der Waals surface area contributed by atoms with E-state index in [0.29, 0.717) is 19.0 Å². The van der Waals surface area contributed by atoms with Gasteiger partial charge in [0.15, 0.2) is 0 Å². The lowest BCUT2D eigenvalue weighted by Crippen LogP contribution is -2.44. The predicted octanol–water partition coefficient (Wildman–Crippen LogP) is 1.02. The number of nitrogens with zero attached hydrogens (tertiary/aromatic N) is 4. The molecule has 6 nitrogen and oxygen atoms in total. The predicted molar refractivity (Wildman–Crippen MR) is 78.6 cm³/mol. The second kappa shape index (κ2) is 5.83. The molecule has 20 heavy (non-hydrogen) atoms. The van der Waals surface area contributed by atoms with E-state index >= 15 is 0 Å². The van der Waals surface area contributed by atoms with Crippen LogP contribution in [0.1, 0.15) is 24.2 Å². The minimum atomic E-state index is -3.26. The Bertz CT molecular complexity index is 557. The lowest BCUT2D eigenvalue weighted by atomic mass is 9.98. The molecule has 0 aromatic carbocycles. The molecule has 1 aromatic heterocycles. The number of hydrogen-bond donors (Lipinski definition) is 0. The molecular formula is C13H24N4O2S. The number of aryl methyl sites for hydroxylation is 2. The maximum atomic E-state index is 12.0. The van der Waals surface area contributed by atoms with Crippen LogP contribution in [-0.4, -0.2) is 54.0 Å². The van der Waals surface area contributed by atoms with Gasteiger partial charge in [-0.15, -0.1) is 0 Å². The molecule has 1 aliphatic rings. The number of aromatic nitrogens is 2. The van der Waals surface area contributed by atoms with Crippen LogP contribution in [0.2, 0.25) is 0 Å². The topological polar surface area (TPSA) is 58.4 Å². The lowest BCUT2D eigenvalue weighted by molar-refractivity contribution is 0.238. The van der Waals surface area contributed by atoms with Crippen molar-refractivity contribution in [2.24, 2.45) is 5.92 Å². The normalized spacial score (nSPS) is 18.9. The van der Waals surface area contributed by atoms with Gasteiger partial charge < -0.3 is 0 Å². The minimum Gasteiger partial charge on any atom is -0.269 e. The van der Waals surface area contributed by atoms with Gasteiger partial charge in [-0.05, 0) is 38.7 Å². The summed E-state index contributed by atoms with van der Waals surface area (Å²) in [5.41, 5.74) is 2.21. The van der Waals surface area contributed by atoms with Gasteiger partial charge in [0.2, 0.25) is 0 Å². The van der Waals surface area contributed by atoms with Crippen molar-refractivity contribution in [1.29, 1.82) is 0 Å². The number of rotatable bonds is 4. The smallest absolute Gasteiger partial charge is 0.269 e. The molecule has 0 atom stereocenters. The quantitative estimate of drug-likeness (QED) is 0.834. The molecule has 2 heterocycles. The fourth-order valence-electron chi connectivity index (χ4n) is 2.66. The summed E-state index contributed by atoms with van der Waals surface area (Å²) in [7, 11) is -0.0947. The van der Waals surface area contributed by atoms with Crippen molar-refractivity contribution in [3.8, 4) is 0 Å². The molecule has 1 aromatic rings. The molecule has 0 amide bonds. The monoisotopic (exact) mass is 300 g/mol. The van der Waals surface area contributed by atoms with Crippen LogP contribution in [0.15, 0.2) is 6.07 Å². The molecule has 0 bridgehead atoms. The zero-order valence-corrected chi connectivity index (χ0v) is 13.5. The van der Waals surface area contributed by atoms with Crippen LogP contribution in [0.4, 0.5) is 0 Å². The third-order valence-electron chi connectivity index (χ3n) is 3.90. The first-order valence-corrected chi connectivity index (χ1v) is 8.39. The first-order valence-electron chi connectivity index (χ1n) is 6.99. The molecule has 0 saturated carbocycles. The fourth-order valence-corrected chi connectivity index (χ4v) is 3.79. The summed E-state index contributed by atoms with van der Waals surface area (Å²) in [6.07, 6.45) is 1.79. The van der Waals surface area contributed by atoms with E-state index in [1.165, 1.54) is 10.00 Å². The summed E-state index contributed by atoms with van der Waals surface area (Å²) in [5, 5.41) is 4.48. The highest BCUT2D eigenvalue weighted by Crippen LogP contribution is 2.22. The molecule has 1 aliphatic heterocycles. The number of piperidine rings is 1. The van der Waals surface area contributed by atoms with Gasteiger partial charge in [0.25, 0.3) is 10.2 Å². The summed E-state index contributed by atoms with van der Waals surface area (Å²) < 4.78 is 29.0. The summed E-state index contributed by atoms with van der Waals surface area (Å²) >= 11 is 0. The van der Waals surface area contributed by atoms with Crippen LogP contribution in [0.3, 0.4) is 0 Å². The van der Waals surface area contributed by atoms with Crippen LogP contribution < -0.4 is 0 Å². The van der Waals surface area contributed by atoms with Crippen LogP contribution in [0.5, 0.6) is 0 Å². The third kappa shape index (κ3) is 3.21. The van der Waals surface area contributed by atoms with Crippen molar-refractivity contribution < 1.29 is 8.42 Å². The molecular weight excluding hydrogens is 276 g/mol. The maximum absolute atomic E-state index is 12.0. The van der Waals surface area contributed by atoms with E-state index in [9.17, 15) is 8.42 Å². The molecule has 0 unspecified atom stereocenters. The SMILES string of the molecule is Cc1cc(C)n(CC2CCN(S(=O)(=O)N(C)C)CC2)n1. The first-order chi connectivity index (χ1) is 9.30. The van der Waals surface area contributed by atoms with Crippen LogP contribution in [0, 0.1) is 19.8 Å². The zero-order chi connectivity index (χ0) is 14.9. The lowest BCUT2D eigenvalue weighted by Gasteiger charge is -2.32. The second-order valence-electron chi connectivity index (χ2n) is 5.74. The molecule has 0 aliphatic carbocycles. The van der Waals surface area contributed by atoms with E-state index in [2.05, 4.69) is 18.1 Å². The summed E-state index contributed by atoms with van der Waals surface area (Å²) in [4.78, 5) is 0. The molecule has 0 radical (unpaired) electrons. The van der Waals surface area contributed by atoms with Crippen LogP contribution in [-0.2, 0) is 16.8 Å². The van der Waals surface area contributed by atoms with Crippen molar-refractivity contribution in [2.75, 3.05) is 27.2 Å². The number of hydrogen-bond acceptors (Lipinski definition) is 3. The maximum Gasteiger partial charge on any atom is 0.281 e. The Morgan fingerprint density at radius 1 is 1.30 bits per heavy atom. The molecule has 1 fully saturated rings. The van der Waals surface area contributed by atoms with Crippen molar-refractivity contribution in [1.82, 2.24) is 18.4 Å². The third-order valence-corrected chi connectivity index (χ3v) is 5.84. The van der Waals surface area contributed by atoms with Crippen LogP contribution in [0.25, 0.3) is 0 Å². The zero-order valence-electron chi connectivity index (χ0n) is 12.7. The Balaban J connectivity index is 1.94. The first kappa shape index (κ1) is 15.5. The molecule has 0 spiro atoms. The highest BCUT2D eigenvalue weighted by molar-refractivity contribution is 7.86. The highest BCUT2D eigenvalue weighted by Gasteiger charge is 2.29. The average molecular weight is 300 g/mol. The standard InChI is InChI=1S/C13H24N4O2S/c1-11-9-12(2)17(14-11)10-13-5-7-16(8-6-13)20(18,19)15(3)4/h9,13H,5-8,10H2,1-4H3. The second-order valence-corrected chi connectivity index (χ2v) is 7.88. The van der Waals surface area contributed by atoms with E-state index in [0.717, 1.165) is 25.1 Å². The summed E-state index contributed by atoms with van der Waals surface area (Å²) in [6, 6.07) is 2.08. The van der Waals surface area contributed by atoms with Crippen molar-refractivity contribution in [3.63, 3.8) is 0 Å². The van der Waals surface area contributed by atoms with Gasteiger partial charge in [-0.3, -0.25) is 4.68 Å². The van der Waals surface area contributed by atoms with E-state index in [1.807, 2.05) is 11.6 Å². The van der Waals surface area contributed by atoms with Gasteiger partial charge >= 0.3 is 0 Å². The highest BCUT2D eigenvalue weighted by atomic mass is 32.2. The van der Waals surface area contributed by atoms with Crippen molar-refractivity contribution in [2.45, 2.75) is 33.2 Å². The Kier molecular flexibility index (Phi) is 4.51. The molecule has 7 heteroatoms. The molecule has 2 rings (SSSR count). The van der Waals surface area contributed by atoms with Gasteiger partial charge in [-0.25, -0.2) is 0 Å². The van der Waals surface area contributed by atoms with Gasteiger partial charge in [-0.2, -0.15) is 22.1 Å². The molecule has 0 N–H and O–H groups in total. The fraction of sp³-hybridized carbons (Fsp3) is 0.769. The van der Waals surface area contributed by atoms with Gasteiger partial charge in [0.05, 0.1) is 5.69 Å². The Hall–Kier alpha value is -0.920. The van der Waals surface area contributed by atoms with Gasteiger partial charge in [0.1, 0.15) is 0 Å². The van der Waals surface area contributed by atoms with Crippen LogP contribution >= 0.6 is 0 Å². The Morgan fingerprint density at radius 3 is 2.35 bits per heavy atom. The largest absolute Gasteiger partial charge is 0.281 e. The van der Waals surface area contributed by atoms with E-state index < -0.39 is 10.2 Å². The Labute approximate surface area is 121 Å². The van der Waals surface area contributed by atoms with E-state index in [-0.39, 0.29) is 0 Å². The van der Waals surface area contributed by atoms with Gasteiger partial charge in [-0.1, -0.05) is 0 Å². The van der Waals surface area contributed by atoms with Crippen molar-refractivity contribution >= 4 is 10.2 Å². The molecule has 1 saturated heterocycles.